The Balaban J connectivity index is 2.26. The second-order valence-corrected chi connectivity index (χ2v) is 5.62. The van der Waals surface area contributed by atoms with Crippen molar-refractivity contribution < 1.29 is 9.53 Å². The molecular formula is C14H21BrN2O2. The molecule has 0 spiro atoms. The second-order valence-electron chi connectivity index (χ2n) is 4.71. The van der Waals surface area contributed by atoms with Crippen LogP contribution in [0.15, 0.2) is 22.7 Å². The van der Waals surface area contributed by atoms with Crippen LogP contribution in [-0.4, -0.2) is 44.6 Å². The van der Waals surface area contributed by atoms with Crippen molar-refractivity contribution in [1.82, 2.24) is 10.2 Å². The molecule has 0 saturated carbocycles. The van der Waals surface area contributed by atoms with Crippen molar-refractivity contribution in [3.63, 3.8) is 0 Å². The van der Waals surface area contributed by atoms with Crippen molar-refractivity contribution in [3.8, 4) is 5.75 Å². The topological polar surface area (TPSA) is 41.6 Å². The molecule has 1 amide bonds. The Hall–Kier alpha value is -1.07. The van der Waals surface area contributed by atoms with Crippen LogP contribution in [0.5, 0.6) is 5.75 Å². The molecule has 0 aliphatic heterocycles. The molecule has 0 heterocycles. The molecule has 0 aliphatic carbocycles. The molecule has 0 saturated heterocycles. The van der Waals surface area contributed by atoms with Crippen LogP contribution in [0, 0.1) is 6.92 Å². The van der Waals surface area contributed by atoms with E-state index in [1.165, 1.54) is 0 Å². The Morgan fingerprint density at radius 1 is 1.42 bits per heavy atom. The largest absolute Gasteiger partial charge is 0.484 e. The first-order chi connectivity index (χ1) is 8.99. The lowest BCUT2D eigenvalue weighted by atomic mass is 10.2. The Morgan fingerprint density at radius 3 is 2.79 bits per heavy atom. The lowest BCUT2D eigenvalue weighted by Crippen LogP contribution is -2.31. The zero-order chi connectivity index (χ0) is 14.3. The van der Waals surface area contributed by atoms with E-state index >= 15 is 0 Å². The number of nitrogens with one attached hydrogen (secondary N) is 1. The molecule has 0 atom stereocenters. The number of halogens is 1. The van der Waals surface area contributed by atoms with Gasteiger partial charge >= 0.3 is 0 Å². The first-order valence-electron chi connectivity index (χ1n) is 6.29. The van der Waals surface area contributed by atoms with Gasteiger partial charge in [0.25, 0.3) is 5.91 Å². The third kappa shape index (κ3) is 6.59. The van der Waals surface area contributed by atoms with Gasteiger partial charge in [0.1, 0.15) is 5.75 Å². The molecule has 106 valence electrons. The molecule has 0 aromatic heterocycles. The highest BCUT2D eigenvalue weighted by molar-refractivity contribution is 9.10. The first-order valence-corrected chi connectivity index (χ1v) is 7.08. The first kappa shape index (κ1) is 16.0. The average molecular weight is 329 g/mol. The Labute approximate surface area is 123 Å². The SMILES string of the molecule is Cc1cc(Br)ccc1OCC(=O)NCCCN(C)C. The van der Waals surface area contributed by atoms with Gasteiger partial charge in [-0.05, 0) is 57.7 Å². The summed E-state index contributed by atoms with van der Waals surface area (Å²) >= 11 is 3.39. The predicted octanol–water partition coefficient (Wildman–Crippen LogP) is 2.20. The number of carbonyl (C=O) groups is 1. The molecular weight excluding hydrogens is 308 g/mol. The van der Waals surface area contributed by atoms with E-state index in [9.17, 15) is 4.79 Å². The van der Waals surface area contributed by atoms with Crippen LogP contribution in [0.2, 0.25) is 0 Å². The quantitative estimate of drug-likeness (QED) is 0.780. The average Bonchev–Trinajstić information content (AvgIpc) is 2.33. The fourth-order valence-electron chi connectivity index (χ4n) is 1.59. The van der Waals surface area contributed by atoms with E-state index in [4.69, 9.17) is 4.74 Å². The van der Waals surface area contributed by atoms with Gasteiger partial charge in [0.2, 0.25) is 0 Å². The highest BCUT2D eigenvalue weighted by atomic mass is 79.9. The summed E-state index contributed by atoms with van der Waals surface area (Å²) in [4.78, 5) is 13.7. The summed E-state index contributed by atoms with van der Waals surface area (Å²) in [5.41, 5.74) is 1.01. The summed E-state index contributed by atoms with van der Waals surface area (Å²) in [7, 11) is 4.03. The normalized spacial score (nSPS) is 10.6. The van der Waals surface area contributed by atoms with Gasteiger partial charge in [-0.1, -0.05) is 15.9 Å². The molecule has 0 bridgehead atoms. The number of hydrogen-bond acceptors (Lipinski definition) is 3. The third-order valence-corrected chi connectivity index (χ3v) is 3.09. The Morgan fingerprint density at radius 2 is 2.16 bits per heavy atom. The van der Waals surface area contributed by atoms with Gasteiger partial charge < -0.3 is 15.0 Å². The highest BCUT2D eigenvalue weighted by Gasteiger charge is 2.04. The van der Waals surface area contributed by atoms with Crippen LogP contribution in [0.1, 0.15) is 12.0 Å². The van der Waals surface area contributed by atoms with Crippen LogP contribution >= 0.6 is 15.9 Å². The van der Waals surface area contributed by atoms with Gasteiger partial charge in [0.15, 0.2) is 6.61 Å². The smallest absolute Gasteiger partial charge is 0.257 e. The van der Waals surface area contributed by atoms with Crippen molar-refractivity contribution in [2.45, 2.75) is 13.3 Å². The van der Waals surface area contributed by atoms with Crippen LogP contribution in [0.25, 0.3) is 0 Å². The number of amides is 1. The molecule has 0 unspecified atom stereocenters. The van der Waals surface area contributed by atoms with Crippen molar-refractivity contribution >= 4 is 21.8 Å². The minimum atomic E-state index is -0.0823. The van der Waals surface area contributed by atoms with Crippen LogP contribution in [-0.2, 0) is 4.79 Å². The number of hydrogen-bond donors (Lipinski definition) is 1. The number of rotatable bonds is 7. The predicted molar refractivity (Wildman–Crippen MR) is 80.6 cm³/mol. The van der Waals surface area contributed by atoms with Crippen LogP contribution in [0.4, 0.5) is 0 Å². The maximum absolute atomic E-state index is 11.6. The molecule has 5 heteroatoms. The lowest BCUT2D eigenvalue weighted by Gasteiger charge is -2.11. The fraction of sp³-hybridized carbons (Fsp3) is 0.500. The molecule has 0 radical (unpaired) electrons. The molecule has 0 fully saturated rings. The summed E-state index contributed by atoms with van der Waals surface area (Å²) < 4.78 is 6.49. The summed E-state index contributed by atoms with van der Waals surface area (Å²) in [6.07, 6.45) is 0.941. The Kier molecular flexibility index (Phi) is 6.87. The zero-order valence-electron chi connectivity index (χ0n) is 11.7. The molecule has 4 nitrogen and oxygen atoms in total. The minimum Gasteiger partial charge on any atom is -0.484 e. The van der Waals surface area contributed by atoms with Gasteiger partial charge in [-0.2, -0.15) is 0 Å². The minimum absolute atomic E-state index is 0.0600. The van der Waals surface area contributed by atoms with Gasteiger partial charge in [-0.3, -0.25) is 4.79 Å². The highest BCUT2D eigenvalue weighted by Crippen LogP contribution is 2.21. The van der Waals surface area contributed by atoms with E-state index in [0.29, 0.717) is 6.54 Å². The standard InChI is InChI=1S/C14H21BrN2O2/c1-11-9-12(15)5-6-13(11)19-10-14(18)16-7-4-8-17(2)3/h5-6,9H,4,7-8,10H2,1-3H3,(H,16,18). The lowest BCUT2D eigenvalue weighted by molar-refractivity contribution is -0.123. The maximum Gasteiger partial charge on any atom is 0.257 e. The summed E-state index contributed by atoms with van der Waals surface area (Å²) in [5, 5.41) is 2.84. The van der Waals surface area contributed by atoms with Gasteiger partial charge in [-0.25, -0.2) is 0 Å². The van der Waals surface area contributed by atoms with Crippen molar-refractivity contribution in [3.05, 3.63) is 28.2 Å². The molecule has 0 aliphatic rings. The van der Waals surface area contributed by atoms with E-state index in [2.05, 4.69) is 26.1 Å². The third-order valence-electron chi connectivity index (χ3n) is 2.60. The second kappa shape index (κ2) is 8.17. The van der Waals surface area contributed by atoms with Gasteiger partial charge in [0, 0.05) is 11.0 Å². The van der Waals surface area contributed by atoms with E-state index in [0.717, 1.165) is 28.8 Å². The molecule has 19 heavy (non-hydrogen) atoms. The van der Waals surface area contributed by atoms with Crippen LogP contribution in [0.3, 0.4) is 0 Å². The Bertz CT molecular complexity index is 422. The van der Waals surface area contributed by atoms with Crippen LogP contribution < -0.4 is 10.1 Å². The van der Waals surface area contributed by atoms with Crippen molar-refractivity contribution in [1.29, 1.82) is 0 Å². The summed E-state index contributed by atoms with van der Waals surface area (Å²) in [5.74, 6) is 0.660. The molecule has 1 aromatic rings. The van der Waals surface area contributed by atoms with Gasteiger partial charge in [-0.15, -0.1) is 0 Å². The van der Waals surface area contributed by atoms with Crippen molar-refractivity contribution in [2.24, 2.45) is 0 Å². The molecule has 1 N–H and O–H groups in total. The molecule has 1 rings (SSSR count). The number of aryl methyl sites for hydroxylation is 1. The monoisotopic (exact) mass is 328 g/mol. The van der Waals surface area contributed by atoms with E-state index < -0.39 is 0 Å². The number of benzene rings is 1. The number of ether oxygens (including phenoxy) is 1. The maximum atomic E-state index is 11.6. The zero-order valence-corrected chi connectivity index (χ0v) is 13.3. The van der Waals surface area contributed by atoms with E-state index in [1.807, 2.05) is 39.2 Å². The van der Waals surface area contributed by atoms with E-state index in [-0.39, 0.29) is 12.5 Å². The number of nitrogens with zero attached hydrogens (tertiary/aromatic N) is 1. The van der Waals surface area contributed by atoms with E-state index in [1.54, 1.807) is 0 Å². The summed E-state index contributed by atoms with van der Waals surface area (Å²) in [6.45, 7) is 3.66. The number of carbonyl (C=O) groups excluding carboxylic acids is 1. The summed E-state index contributed by atoms with van der Waals surface area (Å²) in [6, 6.07) is 5.72. The fourth-order valence-corrected chi connectivity index (χ4v) is 2.07. The van der Waals surface area contributed by atoms with Crippen molar-refractivity contribution in [2.75, 3.05) is 33.8 Å². The molecule has 1 aromatic carbocycles. The van der Waals surface area contributed by atoms with Gasteiger partial charge in [0.05, 0.1) is 0 Å².